The average Bonchev–Trinajstić information content (AvgIpc) is 2.35. The molecule has 98 valence electrons. The molecule has 0 radical (unpaired) electrons. The van der Waals surface area contributed by atoms with Crippen LogP contribution in [0.1, 0.15) is 21.7 Å². The summed E-state index contributed by atoms with van der Waals surface area (Å²) in [6, 6.07) is 8.70. The zero-order valence-electron chi connectivity index (χ0n) is 10.6. The van der Waals surface area contributed by atoms with Crippen molar-refractivity contribution in [3.05, 3.63) is 52.3 Å². The number of amides is 1. The molecule has 1 aromatic heterocycles. The number of halogens is 1. The summed E-state index contributed by atoms with van der Waals surface area (Å²) in [7, 11) is 0. The third kappa shape index (κ3) is 3.28. The lowest BCUT2D eigenvalue weighted by molar-refractivity contribution is 0.102. The molecule has 0 unspecified atom stereocenters. The number of anilines is 1. The van der Waals surface area contributed by atoms with E-state index in [1.807, 2.05) is 26.0 Å². The van der Waals surface area contributed by atoms with Crippen molar-refractivity contribution in [3.63, 3.8) is 0 Å². The Morgan fingerprint density at radius 3 is 2.68 bits per heavy atom. The standard InChI is InChI=1S/C14H13ClN2OS/c1-8-3-6-13(9(2)16-8)17-14(18)11-7-10(19)4-5-12(11)15/h3-7,19H,1-2H3,(H,17,18). The Labute approximate surface area is 122 Å². The molecule has 0 aliphatic rings. The van der Waals surface area contributed by atoms with Gasteiger partial charge in [-0.2, -0.15) is 0 Å². The predicted octanol–water partition coefficient (Wildman–Crippen LogP) is 3.89. The molecule has 1 amide bonds. The van der Waals surface area contributed by atoms with E-state index in [0.29, 0.717) is 21.2 Å². The highest BCUT2D eigenvalue weighted by Gasteiger charge is 2.12. The van der Waals surface area contributed by atoms with Gasteiger partial charge in [-0.15, -0.1) is 12.6 Å². The average molecular weight is 293 g/mol. The molecule has 0 aliphatic carbocycles. The number of carbonyl (C=O) groups is 1. The molecule has 2 aromatic rings. The molecular weight excluding hydrogens is 280 g/mol. The minimum Gasteiger partial charge on any atom is -0.320 e. The van der Waals surface area contributed by atoms with E-state index < -0.39 is 0 Å². The number of benzene rings is 1. The summed E-state index contributed by atoms with van der Waals surface area (Å²) >= 11 is 10.2. The molecular formula is C14H13ClN2OS. The van der Waals surface area contributed by atoms with Crippen molar-refractivity contribution in [1.29, 1.82) is 0 Å². The molecule has 0 saturated heterocycles. The lowest BCUT2D eigenvalue weighted by Crippen LogP contribution is -2.14. The summed E-state index contributed by atoms with van der Waals surface area (Å²) in [5, 5.41) is 3.20. The van der Waals surface area contributed by atoms with Gasteiger partial charge in [-0.25, -0.2) is 0 Å². The maximum absolute atomic E-state index is 12.2. The van der Waals surface area contributed by atoms with Gasteiger partial charge in [-0.1, -0.05) is 11.6 Å². The Morgan fingerprint density at radius 2 is 2.00 bits per heavy atom. The largest absolute Gasteiger partial charge is 0.320 e. The van der Waals surface area contributed by atoms with Crippen LogP contribution in [0.2, 0.25) is 5.02 Å². The van der Waals surface area contributed by atoms with Crippen molar-refractivity contribution in [2.75, 3.05) is 5.32 Å². The number of thiol groups is 1. The van der Waals surface area contributed by atoms with E-state index in [9.17, 15) is 4.79 Å². The fraction of sp³-hybridized carbons (Fsp3) is 0.143. The Hall–Kier alpha value is -1.52. The van der Waals surface area contributed by atoms with Crippen LogP contribution in [0, 0.1) is 13.8 Å². The third-order valence-corrected chi connectivity index (χ3v) is 3.28. The second-order valence-electron chi connectivity index (χ2n) is 4.20. The van der Waals surface area contributed by atoms with Gasteiger partial charge in [0.1, 0.15) is 0 Å². The first-order valence-corrected chi connectivity index (χ1v) is 6.54. The van der Waals surface area contributed by atoms with E-state index in [1.165, 1.54) is 0 Å². The van der Waals surface area contributed by atoms with Crippen molar-refractivity contribution in [2.45, 2.75) is 18.7 Å². The van der Waals surface area contributed by atoms with Crippen molar-refractivity contribution < 1.29 is 4.79 Å². The van der Waals surface area contributed by atoms with Gasteiger partial charge in [-0.3, -0.25) is 9.78 Å². The molecule has 2 rings (SSSR count). The molecule has 0 aliphatic heterocycles. The lowest BCUT2D eigenvalue weighted by atomic mass is 10.2. The quantitative estimate of drug-likeness (QED) is 0.825. The number of carbonyl (C=O) groups excluding carboxylic acids is 1. The topological polar surface area (TPSA) is 42.0 Å². The maximum Gasteiger partial charge on any atom is 0.257 e. The molecule has 0 saturated carbocycles. The van der Waals surface area contributed by atoms with Crippen LogP contribution >= 0.6 is 24.2 Å². The highest BCUT2D eigenvalue weighted by molar-refractivity contribution is 7.80. The van der Waals surface area contributed by atoms with Gasteiger partial charge >= 0.3 is 0 Å². The minimum absolute atomic E-state index is 0.269. The van der Waals surface area contributed by atoms with E-state index >= 15 is 0 Å². The van der Waals surface area contributed by atoms with Crippen LogP contribution in [0.25, 0.3) is 0 Å². The first-order valence-electron chi connectivity index (χ1n) is 5.71. The van der Waals surface area contributed by atoms with Gasteiger partial charge in [0, 0.05) is 10.6 Å². The van der Waals surface area contributed by atoms with Crippen LogP contribution in [-0.2, 0) is 0 Å². The van der Waals surface area contributed by atoms with Gasteiger partial charge < -0.3 is 5.32 Å². The summed E-state index contributed by atoms with van der Waals surface area (Å²) < 4.78 is 0. The lowest BCUT2D eigenvalue weighted by Gasteiger charge is -2.09. The number of rotatable bonds is 2. The molecule has 0 bridgehead atoms. The molecule has 1 heterocycles. The smallest absolute Gasteiger partial charge is 0.257 e. The summed E-state index contributed by atoms with van der Waals surface area (Å²) in [4.78, 5) is 17.2. The van der Waals surface area contributed by atoms with Gasteiger partial charge in [0.25, 0.3) is 5.91 Å². The normalized spacial score (nSPS) is 10.3. The van der Waals surface area contributed by atoms with Gasteiger partial charge in [0.05, 0.1) is 22.0 Å². The monoisotopic (exact) mass is 292 g/mol. The van der Waals surface area contributed by atoms with E-state index in [0.717, 1.165) is 11.4 Å². The number of pyridine rings is 1. The van der Waals surface area contributed by atoms with E-state index in [2.05, 4.69) is 22.9 Å². The third-order valence-electron chi connectivity index (χ3n) is 2.67. The second-order valence-corrected chi connectivity index (χ2v) is 5.13. The van der Waals surface area contributed by atoms with Crippen LogP contribution < -0.4 is 5.32 Å². The molecule has 0 spiro atoms. The van der Waals surface area contributed by atoms with Crippen molar-refractivity contribution in [3.8, 4) is 0 Å². The van der Waals surface area contributed by atoms with Crippen molar-refractivity contribution in [2.24, 2.45) is 0 Å². The fourth-order valence-electron chi connectivity index (χ4n) is 1.70. The van der Waals surface area contributed by atoms with Gasteiger partial charge in [-0.05, 0) is 44.2 Å². The molecule has 0 atom stereocenters. The van der Waals surface area contributed by atoms with E-state index in [1.54, 1.807) is 18.2 Å². The first kappa shape index (κ1) is 13.9. The Bertz CT molecular complexity index is 643. The Morgan fingerprint density at radius 1 is 1.26 bits per heavy atom. The van der Waals surface area contributed by atoms with Crippen LogP contribution in [0.15, 0.2) is 35.2 Å². The molecule has 19 heavy (non-hydrogen) atoms. The Balaban J connectivity index is 2.28. The second kappa shape index (κ2) is 5.63. The van der Waals surface area contributed by atoms with Gasteiger partial charge in [0.15, 0.2) is 0 Å². The number of nitrogens with zero attached hydrogens (tertiary/aromatic N) is 1. The van der Waals surface area contributed by atoms with Crippen LogP contribution in [-0.4, -0.2) is 10.9 Å². The SMILES string of the molecule is Cc1ccc(NC(=O)c2cc(S)ccc2Cl)c(C)n1. The number of aromatic nitrogens is 1. The summed E-state index contributed by atoms with van der Waals surface area (Å²) in [5.74, 6) is -0.269. The van der Waals surface area contributed by atoms with Crippen molar-refractivity contribution in [1.82, 2.24) is 4.98 Å². The number of nitrogens with one attached hydrogen (secondary N) is 1. The van der Waals surface area contributed by atoms with E-state index in [-0.39, 0.29) is 5.91 Å². The number of hydrogen-bond acceptors (Lipinski definition) is 3. The van der Waals surface area contributed by atoms with E-state index in [4.69, 9.17) is 11.6 Å². The zero-order chi connectivity index (χ0) is 14.0. The molecule has 1 aromatic carbocycles. The predicted molar refractivity (Wildman–Crippen MR) is 80.4 cm³/mol. The van der Waals surface area contributed by atoms with Crippen LogP contribution in [0.5, 0.6) is 0 Å². The highest BCUT2D eigenvalue weighted by atomic mass is 35.5. The summed E-state index contributed by atoms with van der Waals surface area (Å²) in [5.41, 5.74) is 2.75. The fourth-order valence-corrected chi connectivity index (χ4v) is 2.10. The molecule has 0 fully saturated rings. The van der Waals surface area contributed by atoms with Crippen molar-refractivity contribution >= 4 is 35.8 Å². The van der Waals surface area contributed by atoms with Crippen LogP contribution in [0.3, 0.4) is 0 Å². The molecule has 3 nitrogen and oxygen atoms in total. The number of hydrogen-bond donors (Lipinski definition) is 2. The first-order chi connectivity index (χ1) is 8.97. The zero-order valence-corrected chi connectivity index (χ0v) is 12.2. The minimum atomic E-state index is -0.269. The molecule has 5 heteroatoms. The van der Waals surface area contributed by atoms with Crippen LogP contribution in [0.4, 0.5) is 5.69 Å². The maximum atomic E-state index is 12.2. The van der Waals surface area contributed by atoms with Gasteiger partial charge in [0.2, 0.25) is 0 Å². The summed E-state index contributed by atoms with van der Waals surface area (Å²) in [6.45, 7) is 3.75. The Kier molecular flexibility index (Phi) is 4.12. The number of aryl methyl sites for hydroxylation is 2. The summed E-state index contributed by atoms with van der Waals surface area (Å²) in [6.07, 6.45) is 0. The highest BCUT2D eigenvalue weighted by Crippen LogP contribution is 2.21. The molecule has 1 N–H and O–H groups in total.